The molecule has 0 bridgehead atoms. The van der Waals surface area contributed by atoms with Crippen LogP contribution in [-0.2, 0) is 6.54 Å². The summed E-state index contributed by atoms with van der Waals surface area (Å²) < 4.78 is 0. The largest absolute Gasteiger partial charge is 0.343 e. The van der Waals surface area contributed by atoms with Crippen LogP contribution in [0.1, 0.15) is 53.1 Å². The molecule has 1 atom stereocenters. The maximum atomic E-state index is 12.4. The molecule has 2 heterocycles. The summed E-state index contributed by atoms with van der Waals surface area (Å²) in [4.78, 5) is 17.9. The van der Waals surface area contributed by atoms with Crippen molar-refractivity contribution in [2.45, 2.75) is 39.3 Å². The SMILES string of the molecule is CCC(CC)C(NC(=O)c1csc(CN)n1)c1cccs1.Cl. The first-order valence-corrected chi connectivity index (χ1v) is 8.94. The number of halogens is 1. The molecular formula is C15H22ClN3OS2. The number of thiazole rings is 1. The number of nitrogens with zero attached hydrogens (tertiary/aromatic N) is 1. The number of hydrogen-bond acceptors (Lipinski definition) is 5. The number of aromatic nitrogens is 1. The lowest BCUT2D eigenvalue weighted by Gasteiger charge is -2.25. The topological polar surface area (TPSA) is 68.0 Å². The van der Waals surface area contributed by atoms with Crippen LogP contribution in [0.3, 0.4) is 0 Å². The van der Waals surface area contributed by atoms with Gasteiger partial charge in [-0.1, -0.05) is 32.8 Å². The van der Waals surface area contributed by atoms with E-state index in [2.05, 4.69) is 30.2 Å². The molecule has 2 aromatic rings. The fourth-order valence-electron chi connectivity index (χ4n) is 2.37. The highest BCUT2D eigenvalue weighted by Crippen LogP contribution is 2.30. The van der Waals surface area contributed by atoms with E-state index in [0.717, 1.165) is 17.8 Å². The van der Waals surface area contributed by atoms with E-state index in [1.807, 2.05) is 11.4 Å². The van der Waals surface area contributed by atoms with Crippen LogP contribution in [0.5, 0.6) is 0 Å². The molecule has 7 heteroatoms. The summed E-state index contributed by atoms with van der Waals surface area (Å²) in [6, 6.07) is 4.16. The normalized spacial score (nSPS) is 12.0. The van der Waals surface area contributed by atoms with Crippen molar-refractivity contribution >= 4 is 41.0 Å². The van der Waals surface area contributed by atoms with E-state index in [1.54, 1.807) is 16.7 Å². The van der Waals surface area contributed by atoms with E-state index >= 15 is 0 Å². The van der Waals surface area contributed by atoms with Crippen molar-refractivity contribution in [2.24, 2.45) is 11.7 Å². The highest BCUT2D eigenvalue weighted by atomic mass is 35.5. The number of thiophene rings is 1. The second kappa shape index (κ2) is 9.25. The molecule has 2 rings (SSSR count). The number of hydrogen-bond donors (Lipinski definition) is 2. The van der Waals surface area contributed by atoms with Gasteiger partial charge in [0.05, 0.1) is 6.04 Å². The number of carbonyl (C=O) groups excluding carboxylic acids is 1. The van der Waals surface area contributed by atoms with Crippen LogP contribution >= 0.6 is 35.1 Å². The van der Waals surface area contributed by atoms with E-state index in [9.17, 15) is 4.79 Å². The molecular weight excluding hydrogens is 338 g/mol. The zero-order chi connectivity index (χ0) is 15.2. The third-order valence-electron chi connectivity index (χ3n) is 3.62. The van der Waals surface area contributed by atoms with E-state index in [4.69, 9.17) is 5.73 Å². The Morgan fingerprint density at radius 2 is 2.09 bits per heavy atom. The minimum atomic E-state index is -0.115. The molecule has 122 valence electrons. The van der Waals surface area contributed by atoms with Crippen LogP contribution in [0.4, 0.5) is 0 Å². The fourth-order valence-corrected chi connectivity index (χ4v) is 3.90. The third-order valence-corrected chi connectivity index (χ3v) is 5.44. The molecule has 0 aliphatic carbocycles. The van der Waals surface area contributed by atoms with Gasteiger partial charge in [-0.3, -0.25) is 4.79 Å². The summed E-state index contributed by atoms with van der Waals surface area (Å²) in [6.07, 6.45) is 2.06. The first-order chi connectivity index (χ1) is 10.2. The Morgan fingerprint density at radius 3 is 2.59 bits per heavy atom. The second-order valence-corrected chi connectivity index (χ2v) is 6.80. The molecule has 0 aliphatic rings. The summed E-state index contributed by atoms with van der Waals surface area (Å²) in [7, 11) is 0. The smallest absolute Gasteiger partial charge is 0.271 e. The Bertz CT molecular complexity index is 567. The van der Waals surface area contributed by atoms with Gasteiger partial charge in [-0.2, -0.15) is 0 Å². The minimum Gasteiger partial charge on any atom is -0.343 e. The molecule has 22 heavy (non-hydrogen) atoms. The van der Waals surface area contributed by atoms with Crippen LogP contribution < -0.4 is 11.1 Å². The van der Waals surface area contributed by atoms with Gasteiger partial charge in [-0.25, -0.2) is 4.98 Å². The Balaban J connectivity index is 0.00000242. The average molecular weight is 360 g/mol. The molecule has 4 nitrogen and oxygen atoms in total. The highest BCUT2D eigenvalue weighted by molar-refractivity contribution is 7.10. The van der Waals surface area contributed by atoms with Crippen molar-refractivity contribution in [1.82, 2.24) is 10.3 Å². The van der Waals surface area contributed by atoms with Crippen LogP contribution in [0.2, 0.25) is 0 Å². The molecule has 0 aliphatic heterocycles. The predicted octanol–water partition coefficient (Wildman–Crippen LogP) is 3.99. The fraction of sp³-hybridized carbons (Fsp3) is 0.467. The van der Waals surface area contributed by atoms with Crippen LogP contribution in [0.25, 0.3) is 0 Å². The van der Waals surface area contributed by atoms with Crippen molar-refractivity contribution in [1.29, 1.82) is 0 Å². The molecule has 0 saturated carbocycles. The lowest BCUT2D eigenvalue weighted by atomic mass is 9.93. The molecule has 0 spiro atoms. The number of carbonyl (C=O) groups is 1. The first-order valence-electron chi connectivity index (χ1n) is 7.18. The van der Waals surface area contributed by atoms with E-state index in [0.29, 0.717) is 18.2 Å². The first kappa shape index (κ1) is 19.1. The Kier molecular flexibility index (Phi) is 8.03. The van der Waals surface area contributed by atoms with Crippen molar-refractivity contribution in [3.63, 3.8) is 0 Å². The number of nitrogens with one attached hydrogen (secondary N) is 1. The van der Waals surface area contributed by atoms with Crippen LogP contribution in [0.15, 0.2) is 22.9 Å². The zero-order valence-corrected chi connectivity index (χ0v) is 15.2. The summed E-state index contributed by atoms with van der Waals surface area (Å²) in [5.41, 5.74) is 6.02. The quantitative estimate of drug-likeness (QED) is 0.785. The molecule has 3 N–H and O–H groups in total. The van der Waals surface area contributed by atoms with E-state index in [-0.39, 0.29) is 24.4 Å². The lowest BCUT2D eigenvalue weighted by molar-refractivity contribution is 0.0916. The summed E-state index contributed by atoms with van der Waals surface area (Å²) in [5.74, 6) is 0.316. The number of nitrogens with two attached hydrogens (primary N) is 1. The summed E-state index contributed by atoms with van der Waals surface area (Å²) in [6.45, 7) is 4.70. The van der Waals surface area contributed by atoms with Crippen molar-refractivity contribution < 1.29 is 4.79 Å². The lowest BCUT2D eigenvalue weighted by Crippen LogP contribution is -2.33. The predicted molar refractivity (Wildman–Crippen MR) is 95.9 cm³/mol. The third kappa shape index (κ3) is 4.52. The van der Waals surface area contributed by atoms with Gasteiger partial charge < -0.3 is 11.1 Å². The average Bonchev–Trinajstić information content (AvgIpc) is 3.18. The molecule has 0 fully saturated rings. The molecule has 0 radical (unpaired) electrons. The summed E-state index contributed by atoms with van der Waals surface area (Å²) in [5, 5.41) is 7.76. The van der Waals surface area contributed by atoms with Crippen molar-refractivity contribution in [2.75, 3.05) is 0 Å². The maximum absolute atomic E-state index is 12.4. The Morgan fingerprint density at radius 1 is 1.36 bits per heavy atom. The van der Waals surface area contributed by atoms with Gasteiger partial charge in [0.2, 0.25) is 0 Å². The van der Waals surface area contributed by atoms with Gasteiger partial charge in [0, 0.05) is 16.8 Å². The highest BCUT2D eigenvalue weighted by Gasteiger charge is 2.24. The van der Waals surface area contributed by atoms with Gasteiger partial charge in [-0.15, -0.1) is 35.1 Å². The van der Waals surface area contributed by atoms with E-state index in [1.165, 1.54) is 16.2 Å². The number of amides is 1. The monoisotopic (exact) mass is 359 g/mol. The zero-order valence-electron chi connectivity index (χ0n) is 12.7. The van der Waals surface area contributed by atoms with Gasteiger partial charge in [0.15, 0.2) is 0 Å². The van der Waals surface area contributed by atoms with Gasteiger partial charge in [-0.05, 0) is 17.4 Å². The number of rotatable bonds is 7. The van der Waals surface area contributed by atoms with E-state index < -0.39 is 0 Å². The van der Waals surface area contributed by atoms with Gasteiger partial charge >= 0.3 is 0 Å². The molecule has 0 saturated heterocycles. The van der Waals surface area contributed by atoms with Gasteiger partial charge in [0.1, 0.15) is 10.7 Å². The summed E-state index contributed by atoms with van der Waals surface area (Å²) >= 11 is 3.11. The Hall–Kier alpha value is -0.950. The maximum Gasteiger partial charge on any atom is 0.271 e. The molecule has 0 aromatic carbocycles. The van der Waals surface area contributed by atoms with Crippen LogP contribution in [-0.4, -0.2) is 10.9 Å². The van der Waals surface area contributed by atoms with Crippen LogP contribution in [0, 0.1) is 5.92 Å². The van der Waals surface area contributed by atoms with Gasteiger partial charge in [0.25, 0.3) is 5.91 Å². The Labute approximate surface area is 145 Å². The molecule has 2 aromatic heterocycles. The molecule has 1 unspecified atom stereocenters. The van der Waals surface area contributed by atoms with Crippen molar-refractivity contribution in [3.05, 3.63) is 38.5 Å². The molecule has 1 amide bonds. The second-order valence-electron chi connectivity index (χ2n) is 4.87. The minimum absolute atomic E-state index is 0. The van der Waals surface area contributed by atoms with Crippen molar-refractivity contribution in [3.8, 4) is 0 Å². The standard InChI is InChI=1S/C15H21N3OS2.ClH/c1-3-10(4-2)14(12-6-5-7-20-12)18-15(19)11-9-21-13(8-16)17-11;/h5-7,9-10,14H,3-4,8,16H2,1-2H3,(H,18,19);1H.